The molecular formula is C27H26BrN3O5. The molecule has 8 nitrogen and oxygen atoms in total. The zero-order chi connectivity index (χ0) is 25.1. The fourth-order valence-electron chi connectivity index (χ4n) is 4.13. The second-order valence-electron chi connectivity index (χ2n) is 8.55. The number of benzene rings is 3. The number of hydrogen-bond acceptors (Lipinski definition) is 6. The number of rotatable bonds is 8. The maximum Gasteiger partial charge on any atom is 0.276 e. The smallest absolute Gasteiger partial charge is 0.276 e. The lowest BCUT2D eigenvalue weighted by atomic mass is 10.0. The fourth-order valence-corrected chi connectivity index (χ4v) is 4.49. The lowest BCUT2D eigenvalue weighted by Gasteiger charge is -2.38. The summed E-state index contributed by atoms with van der Waals surface area (Å²) in [5, 5.41) is 4.70. The lowest BCUT2D eigenvalue weighted by Crippen LogP contribution is -2.52. The van der Waals surface area contributed by atoms with Gasteiger partial charge in [-0.25, -0.2) is 5.01 Å². The average molecular weight is 552 g/mol. The second kappa shape index (κ2) is 10.5. The first-order valence-corrected chi connectivity index (χ1v) is 12.7. The number of hydrazine groups is 1. The minimum absolute atomic E-state index is 0.112. The van der Waals surface area contributed by atoms with Crippen LogP contribution < -0.4 is 25.0 Å². The molecule has 2 N–H and O–H groups in total. The van der Waals surface area contributed by atoms with Gasteiger partial charge in [0.05, 0.1) is 12.2 Å². The van der Waals surface area contributed by atoms with Crippen LogP contribution in [0.4, 0.5) is 5.69 Å². The van der Waals surface area contributed by atoms with Crippen LogP contribution in [-0.2, 0) is 0 Å². The molecule has 9 heteroatoms. The van der Waals surface area contributed by atoms with Crippen LogP contribution in [0.15, 0.2) is 65.1 Å². The van der Waals surface area contributed by atoms with Crippen molar-refractivity contribution in [3.05, 3.63) is 81.8 Å². The standard InChI is InChI=1S/C27H26BrN3O5/c1-2-3-4-13-34-20-9-5-17(6-10-20)25-29-22-11-8-19(28)15-21(22)27(33)31(25)30-26(32)18-7-12-23-24(14-18)36-16-35-23/h5-12,14-15,25,29H,2-4,13,16H2,1H3,(H,30,32). The van der Waals surface area contributed by atoms with Gasteiger partial charge in [-0.1, -0.05) is 47.8 Å². The van der Waals surface area contributed by atoms with Gasteiger partial charge >= 0.3 is 0 Å². The molecule has 3 aromatic carbocycles. The molecule has 0 aromatic heterocycles. The highest BCUT2D eigenvalue weighted by molar-refractivity contribution is 9.10. The van der Waals surface area contributed by atoms with E-state index in [2.05, 4.69) is 33.6 Å². The SMILES string of the molecule is CCCCCOc1ccc(C2Nc3ccc(Br)cc3C(=O)N2NC(=O)c2ccc3c(c2)OCO3)cc1. The first kappa shape index (κ1) is 24.0. The number of fused-ring (bicyclic) bond motifs is 2. The van der Waals surface area contributed by atoms with Crippen molar-refractivity contribution < 1.29 is 23.8 Å². The highest BCUT2D eigenvalue weighted by Crippen LogP contribution is 2.35. The van der Waals surface area contributed by atoms with Gasteiger partial charge in [-0.3, -0.25) is 15.0 Å². The molecule has 2 aliphatic heterocycles. The highest BCUT2D eigenvalue weighted by atomic mass is 79.9. The molecule has 2 amide bonds. The summed E-state index contributed by atoms with van der Waals surface area (Å²) in [4.78, 5) is 26.7. The molecule has 0 fully saturated rings. The van der Waals surface area contributed by atoms with E-state index in [9.17, 15) is 9.59 Å². The Labute approximate surface area is 217 Å². The van der Waals surface area contributed by atoms with Crippen LogP contribution in [0.25, 0.3) is 0 Å². The van der Waals surface area contributed by atoms with Gasteiger partial charge in [-0.05, 0) is 60.5 Å². The maximum atomic E-state index is 13.6. The molecule has 0 radical (unpaired) electrons. The van der Waals surface area contributed by atoms with E-state index in [1.165, 1.54) is 5.01 Å². The van der Waals surface area contributed by atoms with Crippen molar-refractivity contribution in [2.45, 2.75) is 32.4 Å². The lowest BCUT2D eigenvalue weighted by molar-refractivity contribution is 0.0490. The van der Waals surface area contributed by atoms with Crippen molar-refractivity contribution in [1.82, 2.24) is 10.4 Å². The first-order valence-electron chi connectivity index (χ1n) is 11.9. The summed E-state index contributed by atoms with van der Waals surface area (Å²) < 4.78 is 17.3. The number of carbonyl (C=O) groups is 2. The van der Waals surface area contributed by atoms with Gasteiger partial charge in [-0.15, -0.1) is 0 Å². The first-order chi connectivity index (χ1) is 17.5. The Kier molecular flexibility index (Phi) is 6.99. The Morgan fingerprint density at radius 3 is 2.69 bits per heavy atom. The zero-order valence-electron chi connectivity index (χ0n) is 19.8. The van der Waals surface area contributed by atoms with E-state index in [-0.39, 0.29) is 12.7 Å². The summed E-state index contributed by atoms with van der Waals surface area (Å²) in [6.07, 6.45) is 2.64. The van der Waals surface area contributed by atoms with Crippen molar-refractivity contribution in [2.24, 2.45) is 0 Å². The van der Waals surface area contributed by atoms with Crippen LogP contribution in [0.5, 0.6) is 17.2 Å². The van der Waals surface area contributed by atoms with Gasteiger partial charge in [0.15, 0.2) is 11.5 Å². The van der Waals surface area contributed by atoms with Gasteiger partial charge in [0.2, 0.25) is 6.79 Å². The molecule has 1 unspecified atom stereocenters. The number of nitrogens with zero attached hydrogens (tertiary/aromatic N) is 1. The average Bonchev–Trinajstić information content (AvgIpc) is 3.37. The van der Waals surface area contributed by atoms with E-state index in [0.717, 1.165) is 35.0 Å². The molecule has 186 valence electrons. The van der Waals surface area contributed by atoms with Crippen molar-refractivity contribution in [2.75, 3.05) is 18.7 Å². The minimum atomic E-state index is -0.627. The predicted octanol–water partition coefficient (Wildman–Crippen LogP) is 5.66. The van der Waals surface area contributed by atoms with Gasteiger partial charge in [0.1, 0.15) is 11.9 Å². The Balaban J connectivity index is 1.40. The van der Waals surface area contributed by atoms with Gasteiger partial charge in [0.25, 0.3) is 11.8 Å². The molecule has 2 aliphatic rings. The predicted molar refractivity (Wildman–Crippen MR) is 138 cm³/mol. The van der Waals surface area contributed by atoms with Crippen LogP contribution in [0, 0.1) is 0 Å². The molecule has 5 rings (SSSR count). The molecule has 0 saturated carbocycles. The van der Waals surface area contributed by atoms with E-state index in [0.29, 0.717) is 34.9 Å². The van der Waals surface area contributed by atoms with Crippen molar-refractivity contribution >= 4 is 33.4 Å². The van der Waals surface area contributed by atoms with Crippen LogP contribution >= 0.6 is 15.9 Å². The summed E-state index contributed by atoms with van der Waals surface area (Å²) in [5.74, 6) is 1.06. The number of anilines is 1. The number of hydrogen-bond donors (Lipinski definition) is 2. The minimum Gasteiger partial charge on any atom is -0.494 e. The van der Waals surface area contributed by atoms with E-state index >= 15 is 0 Å². The van der Waals surface area contributed by atoms with Crippen LogP contribution in [-0.4, -0.2) is 30.2 Å². The summed E-state index contributed by atoms with van der Waals surface area (Å²) >= 11 is 3.43. The van der Waals surface area contributed by atoms with E-state index < -0.39 is 12.1 Å². The molecule has 0 saturated heterocycles. The Hall–Kier alpha value is -3.72. The summed E-state index contributed by atoms with van der Waals surface area (Å²) in [6, 6.07) is 17.9. The van der Waals surface area contributed by atoms with Crippen molar-refractivity contribution in [3.63, 3.8) is 0 Å². The molecule has 0 aliphatic carbocycles. The third kappa shape index (κ3) is 4.97. The Bertz CT molecular complexity index is 1280. The van der Waals surface area contributed by atoms with Crippen LogP contribution in [0.2, 0.25) is 0 Å². The highest BCUT2D eigenvalue weighted by Gasteiger charge is 2.35. The summed E-state index contributed by atoms with van der Waals surface area (Å²) in [6.45, 7) is 2.93. The number of amides is 2. The van der Waals surface area contributed by atoms with Crippen molar-refractivity contribution in [1.29, 1.82) is 0 Å². The molecular weight excluding hydrogens is 526 g/mol. The fraction of sp³-hybridized carbons (Fsp3) is 0.259. The molecule has 3 aromatic rings. The van der Waals surface area contributed by atoms with Crippen LogP contribution in [0.3, 0.4) is 0 Å². The van der Waals surface area contributed by atoms with Gasteiger partial charge < -0.3 is 19.5 Å². The second-order valence-corrected chi connectivity index (χ2v) is 9.46. The molecule has 0 bridgehead atoms. The molecule has 36 heavy (non-hydrogen) atoms. The normalized spacial score (nSPS) is 15.8. The van der Waals surface area contributed by atoms with E-state index in [4.69, 9.17) is 14.2 Å². The number of unbranched alkanes of at least 4 members (excludes halogenated alkanes) is 2. The molecule has 1 atom stereocenters. The quantitative estimate of drug-likeness (QED) is 0.351. The molecule has 2 heterocycles. The topological polar surface area (TPSA) is 89.1 Å². The number of ether oxygens (including phenoxy) is 3. The third-order valence-corrected chi connectivity index (χ3v) is 6.54. The molecule has 0 spiro atoms. The van der Waals surface area contributed by atoms with Gasteiger partial charge in [-0.2, -0.15) is 0 Å². The number of carbonyl (C=O) groups excluding carboxylic acids is 2. The monoisotopic (exact) mass is 551 g/mol. The Morgan fingerprint density at radius 1 is 1.08 bits per heavy atom. The Morgan fingerprint density at radius 2 is 1.89 bits per heavy atom. The van der Waals surface area contributed by atoms with E-state index in [1.54, 1.807) is 24.3 Å². The van der Waals surface area contributed by atoms with Crippen molar-refractivity contribution in [3.8, 4) is 17.2 Å². The van der Waals surface area contributed by atoms with E-state index in [1.807, 2.05) is 36.4 Å². The largest absolute Gasteiger partial charge is 0.494 e. The third-order valence-electron chi connectivity index (χ3n) is 6.05. The summed E-state index contributed by atoms with van der Waals surface area (Å²) in [5.41, 5.74) is 5.06. The summed E-state index contributed by atoms with van der Waals surface area (Å²) in [7, 11) is 0. The van der Waals surface area contributed by atoms with Gasteiger partial charge in [0, 0.05) is 15.7 Å². The number of halogens is 1. The number of nitrogens with one attached hydrogen (secondary N) is 2. The van der Waals surface area contributed by atoms with Crippen LogP contribution in [0.1, 0.15) is 58.6 Å². The maximum absolute atomic E-state index is 13.6. The zero-order valence-corrected chi connectivity index (χ0v) is 21.3.